The van der Waals surface area contributed by atoms with Crippen molar-refractivity contribution in [2.24, 2.45) is 11.8 Å². The summed E-state index contributed by atoms with van der Waals surface area (Å²) in [7, 11) is 0. The lowest BCUT2D eigenvalue weighted by atomic mass is 10.1. The zero-order valence-electron chi connectivity index (χ0n) is 14.4. The Morgan fingerprint density at radius 2 is 1.96 bits per heavy atom. The van der Waals surface area contributed by atoms with Gasteiger partial charge < -0.3 is 4.57 Å². The Bertz CT molecular complexity index is 778. The summed E-state index contributed by atoms with van der Waals surface area (Å²) in [5.74, 6) is 0.210. The standard InChI is InChI=1S/C20H23F2NO/c1-12-9-19(23(14(12)3)11-16-8-13(16)2)20(24)7-5-15-4-6-17(21)10-18(15)22/h4,6,9-10,13,16H,5,7-8,11H2,1-3H3. The fourth-order valence-corrected chi connectivity index (χ4v) is 3.24. The highest BCUT2D eigenvalue weighted by molar-refractivity contribution is 5.95. The third kappa shape index (κ3) is 3.42. The summed E-state index contributed by atoms with van der Waals surface area (Å²) in [6.07, 6.45) is 1.73. The van der Waals surface area contributed by atoms with E-state index in [4.69, 9.17) is 0 Å². The van der Waals surface area contributed by atoms with Crippen LogP contribution in [0, 0.1) is 37.3 Å². The third-order valence-corrected chi connectivity index (χ3v) is 5.24. The molecule has 1 aliphatic carbocycles. The summed E-state index contributed by atoms with van der Waals surface area (Å²) in [4.78, 5) is 12.6. The van der Waals surface area contributed by atoms with Crippen molar-refractivity contribution < 1.29 is 13.6 Å². The second-order valence-electron chi connectivity index (χ2n) is 7.04. The van der Waals surface area contributed by atoms with Gasteiger partial charge in [0, 0.05) is 24.7 Å². The molecule has 1 aliphatic rings. The number of rotatable bonds is 6. The molecule has 0 bridgehead atoms. The number of ketones is 1. The van der Waals surface area contributed by atoms with Crippen LogP contribution in [0.3, 0.4) is 0 Å². The van der Waals surface area contributed by atoms with Crippen molar-refractivity contribution in [3.05, 3.63) is 58.4 Å². The van der Waals surface area contributed by atoms with E-state index >= 15 is 0 Å². The molecular weight excluding hydrogens is 308 g/mol. The van der Waals surface area contributed by atoms with Gasteiger partial charge in [0.1, 0.15) is 11.6 Å². The molecule has 3 rings (SSSR count). The highest BCUT2D eigenvalue weighted by Crippen LogP contribution is 2.39. The van der Waals surface area contributed by atoms with E-state index in [1.165, 1.54) is 18.6 Å². The van der Waals surface area contributed by atoms with Crippen LogP contribution in [0.5, 0.6) is 0 Å². The van der Waals surface area contributed by atoms with Gasteiger partial charge in [-0.3, -0.25) is 4.79 Å². The fraction of sp³-hybridized carbons (Fsp3) is 0.450. The summed E-state index contributed by atoms with van der Waals surface area (Å²) >= 11 is 0. The topological polar surface area (TPSA) is 22.0 Å². The second kappa shape index (κ2) is 6.50. The van der Waals surface area contributed by atoms with Crippen molar-refractivity contribution in [3.8, 4) is 0 Å². The number of Topliss-reactive ketones (excluding diaryl/α,β-unsaturated/α-hetero) is 1. The summed E-state index contributed by atoms with van der Waals surface area (Å²) < 4.78 is 28.8. The molecule has 0 spiro atoms. The molecule has 1 aromatic heterocycles. The maximum atomic E-state index is 13.7. The van der Waals surface area contributed by atoms with E-state index in [-0.39, 0.29) is 18.6 Å². The van der Waals surface area contributed by atoms with Gasteiger partial charge in [0.15, 0.2) is 5.78 Å². The molecule has 0 N–H and O–H groups in total. The molecule has 4 heteroatoms. The molecule has 0 amide bonds. The summed E-state index contributed by atoms with van der Waals surface area (Å²) in [6.45, 7) is 7.17. The number of carbonyl (C=O) groups is 1. The average Bonchev–Trinajstić information content (AvgIpc) is 3.15. The molecule has 1 heterocycles. The monoisotopic (exact) mass is 331 g/mol. The van der Waals surface area contributed by atoms with Crippen LogP contribution in [-0.2, 0) is 13.0 Å². The first kappa shape index (κ1) is 16.9. The van der Waals surface area contributed by atoms with E-state index in [2.05, 4.69) is 11.5 Å². The first-order valence-corrected chi connectivity index (χ1v) is 8.50. The van der Waals surface area contributed by atoms with Crippen molar-refractivity contribution in [2.45, 2.75) is 46.6 Å². The molecule has 2 unspecified atom stereocenters. The van der Waals surface area contributed by atoms with Crippen LogP contribution in [0.25, 0.3) is 0 Å². The van der Waals surface area contributed by atoms with E-state index < -0.39 is 11.6 Å². The first-order valence-electron chi connectivity index (χ1n) is 8.50. The SMILES string of the molecule is Cc1cc(C(=O)CCc2ccc(F)cc2F)n(CC2CC2C)c1C. The predicted molar refractivity (Wildman–Crippen MR) is 90.2 cm³/mol. The van der Waals surface area contributed by atoms with E-state index in [9.17, 15) is 13.6 Å². The zero-order chi connectivity index (χ0) is 17.4. The van der Waals surface area contributed by atoms with Gasteiger partial charge in [-0.05, 0) is 61.8 Å². The number of hydrogen-bond donors (Lipinski definition) is 0. The fourth-order valence-electron chi connectivity index (χ4n) is 3.24. The van der Waals surface area contributed by atoms with Gasteiger partial charge in [-0.2, -0.15) is 0 Å². The minimum Gasteiger partial charge on any atom is -0.342 e. The predicted octanol–water partition coefficient (Wildman–Crippen LogP) is 4.85. The Balaban J connectivity index is 1.73. The largest absolute Gasteiger partial charge is 0.342 e. The van der Waals surface area contributed by atoms with Crippen LogP contribution in [0.4, 0.5) is 8.78 Å². The minimum atomic E-state index is -0.596. The average molecular weight is 331 g/mol. The number of halogens is 2. The smallest absolute Gasteiger partial charge is 0.179 e. The van der Waals surface area contributed by atoms with Gasteiger partial charge in [0.05, 0.1) is 5.69 Å². The van der Waals surface area contributed by atoms with Gasteiger partial charge in [0.2, 0.25) is 0 Å². The van der Waals surface area contributed by atoms with Crippen molar-refractivity contribution >= 4 is 5.78 Å². The molecule has 0 saturated heterocycles. The Labute approximate surface area is 141 Å². The molecular formula is C20H23F2NO. The van der Waals surface area contributed by atoms with Crippen molar-refractivity contribution in [1.29, 1.82) is 0 Å². The number of carbonyl (C=O) groups excluding carboxylic acids is 1. The Kier molecular flexibility index (Phi) is 4.57. The first-order chi connectivity index (χ1) is 11.4. The molecule has 2 nitrogen and oxygen atoms in total. The second-order valence-corrected chi connectivity index (χ2v) is 7.04. The molecule has 0 aliphatic heterocycles. The summed E-state index contributed by atoms with van der Waals surface area (Å²) in [5.41, 5.74) is 3.34. The van der Waals surface area contributed by atoms with Crippen molar-refractivity contribution in [2.75, 3.05) is 0 Å². The number of nitrogens with zero attached hydrogens (tertiary/aromatic N) is 1. The number of aromatic nitrogens is 1. The Hall–Kier alpha value is -1.97. The van der Waals surface area contributed by atoms with Crippen LogP contribution in [0.15, 0.2) is 24.3 Å². The minimum absolute atomic E-state index is 0.0169. The van der Waals surface area contributed by atoms with Gasteiger partial charge >= 0.3 is 0 Å². The summed E-state index contributed by atoms with van der Waals surface area (Å²) in [6, 6.07) is 5.45. The van der Waals surface area contributed by atoms with Gasteiger partial charge in [-0.15, -0.1) is 0 Å². The third-order valence-electron chi connectivity index (χ3n) is 5.24. The Morgan fingerprint density at radius 3 is 2.58 bits per heavy atom. The van der Waals surface area contributed by atoms with Crippen molar-refractivity contribution in [3.63, 3.8) is 0 Å². The van der Waals surface area contributed by atoms with E-state index in [0.29, 0.717) is 17.2 Å². The summed E-state index contributed by atoms with van der Waals surface area (Å²) in [5, 5.41) is 0. The van der Waals surface area contributed by atoms with Gasteiger partial charge in [0.25, 0.3) is 0 Å². The van der Waals surface area contributed by atoms with Crippen LogP contribution in [-0.4, -0.2) is 10.4 Å². The Morgan fingerprint density at radius 1 is 1.25 bits per heavy atom. The van der Waals surface area contributed by atoms with Crippen LogP contribution in [0.2, 0.25) is 0 Å². The van der Waals surface area contributed by atoms with Crippen LogP contribution < -0.4 is 0 Å². The normalized spacial score (nSPS) is 19.5. The molecule has 128 valence electrons. The molecule has 2 aromatic rings. The molecule has 2 atom stereocenters. The molecule has 1 fully saturated rings. The zero-order valence-corrected chi connectivity index (χ0v) is 14.4. The highest BCUT2D eigenvalue weighted by atomic mass is 19.1. The molecule has 1 saturated carbocycles. The van der Waals surface area contributed by atoms with Gasteiger partial charge in [-0.25, -0.2) is 8.78 Å². The molecule has 24 heavy (non-hydrogen) atoms. The highest BCUT2D eigenvalue weighted by Gasteiger charge is 2.33. The maximum absolute atomic E-state index is 13.7. The van der Waals surface area contributed by atoms with E-state index in [1.807, 2.05) is 19.9 Å². The maximum Gasteiger partial charge on any atom is 0.179 e. The molecule has 0 radical (unpaired) electrons. The lowest BCUT2D eigenvalue weighted by Gasteiger charge is -2.11. The molecule has 1 aromatic carbocycles. The number of aryl methyl sites for hydroxylation is 2. The van der Waals surface area contributed by atoms with Crippen molar-refractivity contribution in [1.82, 2.24) is 4.57 Å². The number of hydrogen-bond acceptors (Lipinski definition) is 1. The lowest BCUT2D eigenvalue weighted by Crippen LogP contribution is -2.13. The van der Waals surface area contributed by atoms with E-state index in [0.717, 1.165) is 29.8 Å². The quantitative estimate of drug-likeness (QED) is 0.693. The van der Waals surface area contributed by atoms with Crippen LogP contribution in [0.1, 0.15) is 47.1 Å². The number of benzene rings is 1. The van der Waals surface area contributed by atoms with E-state index in [1.54, 1.807) is 0 Å². The lowest BCUT2D eigenvalue weighted by molar-refractivity contribution is 0.0973. The van der Waals surface area contributed by atoms with Gasteiger partial charge in [-0.1, -0.05) is 13.0 Å². The van der Waals surface area contributed by atoms with Crippen LogP contribution >= 0.6 is 0 Å².